The van der Waals surface area contributed by atoms with Crippen LogP contribution in [0.25, 0.3) is 0 Å². The summed E-state index contributed by atoms with van der Waals surface area (Å²) in [4.78, 5) is 0. The zero-order chi connectivity index (χ0) is 3.58. The monoisotopic (exact) mass is 297 g/mol. The number of hydrogen-bond acceptors (Lipinski definition) is 2. The molecule has 2 nitrogen and oxygen atoms in total. The average Bonchev–Trinajstić information content (AvgIpc) is 0.811. The molecular formula is AgIO2P. The molecule has 1 radical (unpaired) electrons. The van der Waals surface area contributed by atoms with Crippen molar-refractivity contribution in [2.45, 2.75) is 0 Å². The van der Waals surface area contributed by atoms with E-state index in [9.17, 15) is 0 Å². The van der Waals surface area contributed by atoms with E-state index < -0.39 is 5.32 Å². The van der Waals surface area contributed by atoms with Crippen LogP contribution in [0, 0.1) is 0 Å². The zero-order valence-electron chi connectivity index (χ0n) is 1.94. The molecule has 0 aliphatic heterocycles. The van der Waals surface area contributed by atoms with E-state index >= 15 is 0 Å². The van der Waals surface area contributed by atoms with Gasteiger partial charge in [0.1, 0.15) is 0 Å². The summed E-state index contributed by atoms with van der Waals surface area (Å²) in [6.07, 6.45) is 0. The van der Waals surface area contributed by atoms with Gasteiger partial charge in [0.25, 0.3) is 0 Å². The van der Waals surface area contributed by atoms with E-state index in [1.165, 1.54) is 22.0 Å². The molecule has 0 heterocycles. The van der Waals surface area contributed by atoms with Crippen molar-refractivity contribution in [2.24, 2.45) is 0 Å². The van der Waals surface area contributed by atoms with Gasteiger partial charge in [0.15, 0.2) is 0 Å². The van der Waals surface area contributed by atoms with Gasteiger partial charge < -0.3 is 0 Å². The normalized spacial score (nSPS) is 5.00. The molecular weight excluding hydrogens is 298 g/mol. The maximum Gasteiger partial charge on any atom is 0.377 e. The fourth-order valence-electron chi connectivity index (χ4n) is 0. The molecule has 0 rings (SSSR count). The summed E-state index contributed by atoms with van der Waals surface area (Å²) in [7, 11) is 0. The molecule has 35 valence electrons. The number of hydrogen-bond donors (Lipinski definition) is 0. The van der Waals surface area contributed by atoms with Crippen LogP contribution in [0.2, 0.25) is 0 Å². The molecule has 0 saturated carbocycles. The van der Waals surface area contributed by atoms with Gasteiger partial charge in [-0.25, -0.2) is 9.13 Å². The summed E-state index contributed by atoms with van der Waals surface area (Å²) >= 11 is 1.30. The minimum atomic E-state index is -2.15. The minimum absolute atomic E-state index is 0. The van der Waals surface area contributed by atoms with Crippen LogP contribution in [0.5, 0.6) is 0 Å². The number of rotatable bonds is 0. The molecule has 0 aliphatic carbocycles. The molecule has 0 saturated heterocycles. The molecule has 0 bridgehead atoms. The molecule has 0 aromatic carbocycles. The van der Waals surface area contributed by atoms with E-state index in [0.717, 1.165) is 0 Å². The van der Waals surface area contributed by atoms with E-state index in [0.29, 0.717) is 0 Å². The molecule has 0 fully saturated rings. The first-order valence-electron chi connectivity index (χ1n) is 0.534. The van der Waals surface area contributed by atoms with Crippen LogP contribution < -0.4 is 0 Å². The van der Waals surface area contributed by atoms with Gasteiger partial charge in [0, 0.05) is 22.4 Å². The van der Waals surface area contributed by atoms with E-state index in [2.05, 4.69) is 0 Å². The third-order valence-electron chi connectivity index (χ3n) is 0. The second kappa shape index (κ2) is 5.37. The van der Waals surface area contributed by atoms with E-state index in [1.54, 1.807) is 0 Å². The Morgan fingerprint density at radius 2 is 1.40 bits per heavy atom. The fourth-order valence-corrected chi connectivity index (χ4v) is 0. The molecule has 0 aliphatic rings. The smallest absolute Gasteiger partial charge is 0.226 e. The first-order valence-corrected chi connectivity index (χ1v) is 4.50. The van der Waals surface area contributed by atoms with Gasteiger partial charge in [-0.1, -0.05) is 0 Å². The Labute approximate surface area is 58.5 Å². The minimum Gasteiger partial charge on any atom is -0.226 e. The average molecular weight is 298 g/mol. The Hall–Kier alpha value is 1.37. The molecule has 0 atom stereocenters. The second-order valence-corrected chi connectivity index (χ2v) is 3.00. The first-order chi connectivity index (χ1) is 1.73. The number of halogens is 1. The van der Waals surface area contributed by atoms with Crippen LogP contribution in [0.1, 0.15) is 0 Å². The van der Waals surface area contributed by atoms with E-state index in [1.807, 2.05) is 0 Å². The predicted molar refractivity (Wildman–Crippen MR) is 22.3 cm³/mol. The fraction of sp³-hybridized carbons (Fsp3) is 0. The quantitative estimate of drug-likeness (QED) is 0.386. The van der Waals surface area contributed by atoms with Gasteiger partial charge in [-0.3, -0.25) is 0 Å². The van der Waals surface area contributed by atoms with Gasteiger partial charge >= 0.3 is 5.32 Å². The van der Waals surface area contributed by atoms with Crippen molar-refractivity contribution >= 4 is 27.4 Å². The molecule has 0 aromatic heterocycles. The van der Waals surface area contributed by atoms with Crippen molar-refractivity contribution in [3.05, 3.63) is 0 Å². The Balaban J connectivity index is 0. The van der Waals surface area contributed by atoms with Crippen molar-refractivity contribution in [3.8, 4) is 0 Å². The van der Waals surface area contributed by atoms with E-state index in [-0.39, 0.29) is 22.4 Å². The van der Waals surface area contributed by atoms with Crippen molar-refractivity contribution in [1.82, 2.24) is 0 Å². The zero-order valence-corrected chi connectivity index (χ0v) is 6.48. The van der Waals surface area contributed by atoms with Crippen molar-refractivity contribution < 1.29 is 31.5 Å². The van der Waals surface area contributed by atoms with Crippen LogP contribution in [-0.4, -0.2) is 0 Å². The van der Waals surface area contributed by atoms with Gasteiger partial charge in [-0.2, -0.15) is 0 Å². The molecule has 0 N–H and O–H groups in total. The molecule has 0 unspecified atom stereocenters. The molecule has 5 heteroatoms. The third kappa shape index (κ3) is 32.5. The van der Waals surface area contributed by atoms with Gasteiger partial charge in [0.05, 0.1) is 22.0 Å². The third-order valence-corrected chi connectivity index (χ3v) is 0. The van der Waals surface area contributed by atoms with Gasteiger partial charge in [0.2, 0.25) is 0 Å². The SMILES string of the molecule is O=P(=O)I.[Ag]. The maximum absolute atomic E-state index is 9.02. The summed E-state index contributed by atoms with van der Waals surface area (Å²) in [5.74, 6) is 0. The molecule has 0 spiro atoms. The summed E-state index contributed by atoms with van der Waals surface area (Å²) in [6, 6.07) is 0. The van der Waals surface area contributed by atoms with Gasteiger partial charge in [-0.15, -0.1) is 0 Å². The molecule has 5 heavy (non-hydrogen) atoms. The van der Waals surface area contributed by atoms with Crippen molar-refractivity contribution in [3.63, 3.8) is 0 Å². The van der Waals surface area contributed by atoms with Crippen LogP contribution in [0.3, 0.4) is 0 Å². The summed E-state index contributed by atoms with van der Waals surface area (Å²) in [5.41, 5.74) is 0. The second-order valence-electron chi connectivity index (χ2n) is 0.213. The standard InChI is InChI=1S/Ag.IO2P/c;1-4(2)3. The van der Waals surface area contributed by atoms with Crippen molar-refractivity contribution in [2.75, 3.05) is 0 Å². The van der Waals surface area contributed by atoms with Crippen LogP contribution in [0.4, 0.5) is 0 Å². The van der Waals surface area contributed by atoms with E-state index in [4.69, 9.17) is 9.13 Å². The topological polar surface area (TPSA) is 34.1 Å². The Morgan fingerprint density at radius 1 is 1.40 bits per heavy atom. The Kier molecular flexibility index (Phi) is 10.3. The summed E-state index contributed by atoms with van der Waals surface area (Å²) in [5, 5.41) is -2.15. The Morgan fingerprint density at radius 3 is 1.40 bits per heavy atom. The van der Waals surface area contributed by atoms with Gasteiger partial charge in [-0.05, 0) is 0 Å². The predicted octanol–water partition coefficient (Wildman–Crippen LogP) is 1.51. The summed E-state index contributed by atoms with van der Waals surface area (Å²) in [6.45, 7) is 0. The summed E-state index contributed by atoms with van der Waals surface area (Å²) < 4.78 is 18.0. The molecule has 0 amide bonds. The molecule has 0 aromatic rings. The first kappa shape index (κ1) is 9.62. The van der Waals surface area contributed by atoms with Crippen LogP contribution in [-0.2, 0) is 31.5 Å². The van der Waals surface area contributed by atoms with Crippen LogP contribution in [0.15, 0.2) is 0 Å². The largest absolute Gasteiger partial charge is 0.377 e. The maximum atomic E-state index is 9.02. The van der Waals surface area contributed by atoms with Crippen LogP contribution >= 0.6 is 27.4 Å². The van der Waals surface area contributed by atoms with Crippen molar-refractivity contribution in [1.29, 1.82) is 0 Å². The Bertz CT molecular complexity index is 58.0.